The Bertz CT molecular complexity index is 1250. The first-order chi connectivity index (χ1) is 18.0. The molecule has 0 spiro atoms. The van der Waals surface area contributed by atoms with E-state index in [-0.39, 0.29) is 17.9 Å². The van der Waals surface area contributed by atoms with E-state index in [9.17, 15) is 4.79 Å². The summed E-state index contributed by atoms with van der Waals surface area (Å²) in [5.74, 6) is 0.142. The summed E-state index contributed by atoms with van der Waals surface area (Å²) < 4.78 is 5.44. The molecule has 1 amide bonds. The summed E-state index contributed by atoms with van der Waals surface area (Å²) in [5.41, 5.74) is 6.54. The zero-order valence-electron chi connectivity index (χ0n) is 20.9. The number of aromatic amines is 1. The van der Waals surface area contributed by atoms with Crippen LogP contribution in [0.1, 0.15) is 35.4 Å². The molecule has 8 heteroatoms. The van der Waals surface area contributed by atoms with Crippen LogP contribution in [0.4, 0.5) is 0 Å². The third kappa shape index (κ3) is 5.30. The van der Waals surface area contributed by atoms with Gasteiger partial charge >= 0.3 is 0 Å². The van der Waals surface area contributed by atoms with Crippen LogP contribution in [-0.4, -0.2) is 64.6 Å². The first-order valence-electron chi connectivity index (χ1n) is 13.2. The second-order valence-corrected chi connectivity index (χ2v) is 11.3. The van der Waals surface area contributed by atoms with Crippen LogP contribution < -0.4 is 0 Å². The first-order valence-corrected chi connectivity index (χ1v) is 14.0. The molecule has 1 aliphatic carbocycles. The number of nitrogens with zero attached hydrogens (tertiary/aromatic N) is 3. The fraction of sp³-hybridized carbons (Fsp3) is 0.448. The molecule has 0 bridgehead atoms. The SMILES string of the molecule is O=C1C(Cc2c(Cl)cc(-c3ccc(CN4CCOCC4)cc3)cc2Cl)CCN1C1CCc2nc[nH]c2C1. The van der Waals surface area contributed by atoms with E-state index >= 15 is 0 Å². The van der Waals surface area contributed by atoms with E-state index in [4.69, 9.17) is 27.9 Å². The number of hydrogen-bond acceptors (Lipinski definition) is 4. The zero-order chi connectivity index (χ0) is 25.4. The minimum Gasteiger partial charge on any atom is -0.379 e. The average molecular weight is 540 g/mol. The molecule has 2 aromatic carbocycles. The number of amides is 1. The number of imidazole rings is 1. The fourth-order valence-electron chi connectivity index (χ4n) is 5.99. The number of morpholine rings is 1. The number of carbonyl (C=O) groups is 1. The normalized spacial score (nSPS) is 22.4. The van der Waals surface area contributed by atoms with Gasteiger partial charge in [-0.25, -0.2) is 4.98 Å². The number of rotatable bonds is 6. The van der Waals surface area contributed by atoms with Crippen molar-refractivity contribution in [3.05, 3.63) is 75.3 Å². The van der Waals surface area contributed by atoms with Crippen LogP contribution in [-0.2, 0) is 35.3 Å². The van der Waals surface area contributed by atoms with E-state index in [1.807, 2.05) is 12.1 Å². The molecular weight excluding hydrogens is 507 g/mol. The molecule has 1 aromatic heterocycles. The number of halogens is 2. The van der Waals surface area contributed by atoms with Gasteiger partial charge < -0.3 is 14.6 Å². The summed E-state index contributed by atoms with van der Waals surface area (Å²) in [6.07, 6.45) is 5.92. The number of likely N-dealkylation sites (tertiary alicyclic amines) is 1. The maximum Gasteiger partial charge on any atom is 0.226 e. The zero-order valence-corrected chi connectivity index (χ0v) is 22.4. The molecule has 3 heterocycles. The highest BCUT2D eigenvalue weighted by Gasteiger charge is 2.38. The summed E-state index contributed by atoms with van der Waals surface area (Å²) in [4.78, 5) is 25.5. The van der Waals surface area contributed by atoms with Gasteiger partial charge in [-0.3, -0.25) is 9.69 Å². The molecule has 6 nitrogen and oxygen atoms in total. The van der Waals surface area contributed by atoms with Gasteiger partial charge in [-0.05, 0) is 60.1 Å². The van der Waals surface area contributed by atoms with E-state index in [0.29, 0.717) is 16.5 Å². The second-order valence-electron chi connectivity index (χ2n) is 10.4. The highest BCUT2D eigenvalue weighted by atomic mass is 35.5. The van der Waals surface area contributed by atoms with Crippen molar-refractivity contribution < 1.29 is 9.53 Å². The Labute approximate surface area is 227 Å². The van der Waals surface area contributed by atoms with Crippen molar-refractivity contribution in [1.82, 2.24) is 19.8 Å². The fourth-order valence-corrected chi connectivity index (χ4v) is 6.64. The molecule has 0 saturated carbocycles. The Balaban J connectivity index is 1.11. The van der Waals surface area contributed by atoms with E-state index in [1.54, 1.807) is 6.33 Å². The number of aryl methyl sites for hydroxylation is 1. The standard InChI is InChI=1S/C29H32Cl2N4O2/c30-25-14-22(20-3-1-19(2-4-20)17-34-9-11-37-12-10-34)15-26(31)24(25)13-21-7-8-35(29(21)36)23-5-6-27-28(16-23)33-18-32-27/h1-4,14-15,18,21,23H,5-13,16-17H2,(H,32,33). The molecule has 3 aliphatic rings. The molecular formula is C29H32Cl2N4O2. The van der Waals surface area contributed by atoms with E-state index in [0.717, 1.165) is 87.5 Å². The van der Waals surface area contributed by atoms with Gasteiger partial charge in [0.15, 0.2) is 0 Å². The van der Waals surface area contributed by atoms with Crippen LogP contribution in [0.5, 0.6) is 0 Å². The second kappa shape index (κ2) is 10.8. The van der Waals surface area contributed by atoms with Gasteiger partial charge in [0.2, 0.25) is 5.91 Å². The molecule has 2 unspecified atom stereocenters. The van der Waals surface area contributed by atoms with E-state index in [2.05, 4.69) is 44.0 Å². The number of carbonyl (C=O) groups excluding carboxylic acids is 1. The molecule has 2 aliphatic heterocycles. The third-order valence-corrected chi connectivity index (χ3v) is 8.82. The number of benzene rings is 2. The van der Waals surface area contributed by atoms with Gasteiger partial charge in [-0.1, -0.05) is 47.5 Å². The maximum absolute atomic E-state index is 13.3. The molecule has 2 saturated heterocycles. The van der Waals surface area contributed by atoms with Crippen LogP contribution in [0.3, 0.4) is 0 Å². The van der Waals surface area contributed by atoms with Crippen LogP contribution in [0.15, 0.2) is 42.7 Å². The lowest BCUT2D eigenvalue weighted by molar-refractivity contribution is -0.133. The van der Waals surface area contributed by atoms with Gasteiger partial charge in [0, 0.05) is 60.3 Å². The Morgan fingerprint density at radius 3 is 2.51 bits per heavy atom. The minimum absolute atomic E-state index is 0.0801. The maximum atomic E-state index is 13.3. The molecule has 2 atom stereocenters. The Hall–Kier alpha value is -2.38. The van der Waals surface area contributed by atoms with Gasteiger partial charge in [0.25, 0.3) is 0 Å². The number of hydrogen-bond donors (Lipinski definition) is 1. The number of aromatic nitrogens is 2. The van der Waals surface area contributed by atoms with Gasteiger partial charge in [0.1, 0.15) is 0 Å². The third-order valence-electron chi connectivity index (χ3n) is 8.14. The summed E-state index contributed by atoms with van der Waals surface area (Å²) >= 11 is 13.5. The first kappa shape index (κ1) is 24.9. The molecule has 1 N–H and O–H groups in total. The van der Waals surface area contributed by atoms with E-state index < -0.39 is 0 Å². The number of fused-ring (bicyclic) bond motifs is 1. The Kier molecular flexibility index (Phi) is 7.26. The van der Waals surface area contributed by atoms with Crippen LogP contribution in [0, 0.1) is 5.92 Å². The molecule has 0 radical (unpaired) electrons. The van der Waals surface area contributed by atoms with Crippen molar-refractivity contribution in [2.24, 2.45) is 5.92 Å². The molecule has 37 heavy (non-hydrogen) atoms. The molecule has 2 fully saturated rings. The van der Waals surface area contributed by atoms with Crippen molar-refractivity contribution in [3.63, 3.8) is 0 Å². The predicted octanol–water partition coefficient (Wildman–Crippen LogP) is 5.16. The van der Waals surface area contributed by atoms with Crippen molar-refractivity contribution in [2.45, 2.75) is 44.7 Å². The van der Waals surface area contributed by atoms with Crippen molar-refractivity contribution in [3.8, 4) is 11.1 Å². The van der Waals surface area contributed by atoms with Crippen molar-refractivity contribution in [2.75, 3.05) is 32.8 Å². The summed E-state index contributed by atoms with van der Waals surface area (Å²) in [6, 6.07) is 12.8. The van der Waals surface area contributed by atoms with Crippen LogP contribution in [0.25, 0.3) is 11.1 Å². The lowest BCUT2D eigenvalue weighted by atomic mass is 9.94. The Morgan fingerprint density at radius 1 is 1.00 bits per heavy atom. The lowest BCUT2D eigenvalue weighted by Gasteiger charge is -2.31. The monoisotopic (exact) mass is 538 g/mol. The van der Waals surface area contributed by atoms with E-state index in [1.165, 1.54) is 11.3 Å². The predicted molar refractivity (Wildman–Crippen MR) is 146 cm³/mol. The van der Waals surface area contributed by atoms with Crippen LogP contribution >= 0.6 is 23.2 Å². The topological polar surface area (TPSA) is 61.5 Å². The van der Waals surface area contributed by atoms with Crippen LogP contribution in [0.2, 0.25) is 10.0 Å². The average Bonchev–Trinajstić information content (AvgIpc) is 3.53. The summed E-state index contributed by atoms with van der Waals surface area (Å²) in [7, 11) is 0. The van der Waals surface area contributed by atoms with Crippen molar-refractivity contribution >= 4 is 29.1 Å². The largest absolute Gasteiger partial charge is 0.379 e. The van der Waals surface area contributed by atoms with Gasteiger partial charge in [-0.2, -0.15) is 0 Å². The van der Waals surface area contributed by atoms with Gasteiger partial charge in [-0.15, -0.1) is 0 Å². The highest BCUT2D eigenvalue weighted by molar-refractivity contribution is 6.36. The quantitative estimate of drug-likeness (QED) is 0.470. The molecule has 6 rings (SSSR count). The molecule has 3 aromatic rings. The van der Waals surface area contributed by atoms with Crippen molar-refractivity contribution in [1.29, 1.82) is 0 Å². The van der Waals surface area contributed by atoms with Gasteiger partial charge in [0.05, 0.1) is 25.2 Å². The number of ether oxygens (including phenoxy) is 1. The number of nitrogens with one attached hydrogen (secondary N) is 1. The molecule has 194 valence electrons. The Morgan fingerprint density at radius 2 is 1.76 bits per heavy atom. The lowest BCUT2D eigenvalue weighted by Crippen LogP contribution is -2.41. The number of H-pyrrole nitrogens is 1. The summed E-state index contributed by atoms with van der Waals surface area (Å²) in [6.45, 7) is 5.28. The highest BCUT2D eigenvalue weighted by Crippen LogP contribution is 2.36. The minimum atomic E-state index is -0.0801. The smallest absolute Gasteiger partial charge is 0.226 e. The summed E-state index contributed by atoms with van der Waals surface area (Å²) in [5, 5.41) is 1.26.